The molecule has 0 unspecified atom stereocenters. The van der Waals surface area contributed by atoms with E-state index < -0.39 is 0 Å². The lowest BCUT2D eigenvalue weighted by molar-refractivity contribution is 0.102. The van der Waals surface area contributed by atoms with Crippen LogP contribution in [0.15, 0.2) is 48.7 Å². The molecule has 0 fully saturated rings. The second-order valence-electron chi connectivity index (χ2n) is 6.35. The molecule has 0 spiro atoms. The molecular weight excluding hydrogens is 340 g/mol. The summed E-state index contributed by atoms with van der Waals surface area (Å²) in [5.41, 5.74) is 5.26. The first-order valence-electron chi connectivity index (χ1n) is 8.59. The molecule has 0 radical (unpaired) electrons. The number of hydrogen-bond acceptors (Lipinski definition) is 5. The summed E-state index contributed by atoms with van der Waals surface area (Å²) in [4.78, 5) is 21.1. The smallest absolute Gasteiger partial charge is 0.274 e. The van der Waals surface area contributed by atoms with Gasteiger partial charge in [-0.15, -0.1) is 0 Å². The Morgan fingerprint density at radius 3 is 2.48 bits per heavy atom. The van der Waals surface area contributed by atoms with Gasteiger partial charge >= 0.3 is 0 Å². The van der Waals surface area contributed by atoms with Crippen LogP contribution in [0.2, 0.25) is 0 Å². The number of rotatable bonds is 5. The number of nitrogens with one attached hydrogen (secondary N) is 2. The third kappa shape index (κ3) is 4.41. The summed E-state index contributed by atoms with van der Waals surface area (Å²) in [5.74, 6) is 0.734. The highest BCUT2D eigenvalue weighted by atomic mass is 16.5. The van der Waals surface area contributed by atoms with Crippen LogP contribution in [-0.4, -0.2) is 23.0 Å². The monoisotopic (exact) mass is 362 g/mol. The number of nitrogens with zero attached hydrogens (tertiary/aromatic N) is 2. The van der Waals surface area contributed by atoms with Crippen molar-refractivity contribution in [1.29, 1.82) is 0 Å². The first-order valence-corrected chi connectivity index (χ1v) is 8.59. The molecule has 27 heavy (non-hydrogen) atoms. The van der Waals surface area contributed by atoms with Gasteiger partial charge in [0.15, 0.2) is 0 Å². The van der Waals surface area contributed by atoms with Gasteiger partial charge in [0.05, 0.1) is 7.11 Å². The van der Waals surface area contributed by atoms with Gasteiger partial charge in [0.25, 0.3) is 5.91 Å². The normalized spacial score (nSPS) is 10.4. The van der Waals surface area contributed by atoms with E-state index in [9.17, 15) is 4.79 Å². The Labute approximate surface area is 158 Å². The molecule has 1 heterocycles. The summed E-state index contributed by atoms with van der Waals surface area (Å²) in [7, 11) is 1.58. The molecule has 6 nitrogen and oxygen atoms in total. The van der Waals surface area contributed by atoms with Gasteiger partial charge in [-0.2, -0.15) is 0 Å². The van der Waals surface area contributed by atoms with E-state index in [1.807, 2.05) is 26.0 Å². The number of anilines is 3. The minimum atomic E-state index is -0.314. The van der Waals surface area contributed by atoms with Crippen molar-refractivity contribution in [3.05, 3.63) is 71.0 Å². The maximum absolute atomic E-state index is 12.5. The molecule has 0 aliphatic heterocycles. The van der Waals surface area contributed by atoms with Gasteiger partial charge in [0.2, 0.25) is 5.95 Å². The number of amides is 1. The average molecular weight is 362 g/mol. The van der Waals surface area contributed by atoms with Crippen LogP contribution in [-0.2, 0) is 0 Å². The van der Waals surface area contributed by atoms with Gasteiger partial charge < -0.3 is 15.4 Å². The Balaban J connectivity index is 1.80. The standard InChI is InChI=1S/C21H22N4O2/c1-13-10-14(2)19(15(3)11-13)25-21-22-9-8-18(24-21)20(26)23-16-6-5-7-17(12-16)27-4/h5-12H,1-4H3,(H,23,26)(H,22,24,25). The van der Waals surface area contributed by atoms with E-state index in [-0.39, 0.29) is 11.6 Å². The fourth-order valence-corrected chi connectivity index (χ4v) is 2.93. The van der Waals surface area contributed by atoms with Crippen LogP contribution in [0, 0.1) is 20.8 Å². The molecule has 0 aliphatic rings. The van der Waals surface area contributed by atoms with Crippen LogP contribution in [0.3, 0.4) is 0 Å². The summed E-state index contributed by atoms with van der Waals surface area (Å²) >= 11 is 0. The third-order valence-corrected chi connectivity index (χ3v) is 4.13. The molecule has 3 aromatic rings. The van der Waals surface area contributed by atoms with Crippen molar-refractivity contribution >= 4 is 23.2 Å². The zero-order valence-electron chi connectivity index (χ0n) is 15.8. The molecule has 6 heteroatoms. The Kier molecular flexibility index (Phi) is 5.35. The van der Waals surface area contributed by atoms with Gasteiger partial charge in [0.1, 0.15) is 11.4 Å². The highest BCUT2D eigenvalue weighted by molar-refractivity contribution is 6.03. The van der Waals surface area contributed by atoms with Crippen LogP contribution >= 0.6 is 0 Å². The molecule has 0 saturated carbocycles. The lowest BCUT2D eigenvalue weighted by atomic mass is 10.1. The molecule has 0 aliphatic carbocycles. The molecular formula is C21H22N4O2. The predicted molar refractivity (Wildman–Crippen MR) is 107 cm³/mol. The fraction of sp³-hybridized carbons (Fsp3) is 0.190. The molecule has 1 aromatic heterocycles. The van der Waals surface area contributed by atoms with Crippen molar-refractivity contribution < 1.29 is 9.53 Å². The molecule has 138 valence electrons. The van der Waals surface area contributed by atoms with E-state index in [2.05, 4.69) is 39.7 Å². The van der Waals surface area contributed by atoms with E-state index >= 15 is 0 Å². The number of methoxy groups -OCH3 is 1. The van der Waals surface area contributed by atoms with Crippen LogP contribution in [0.5, 0.6) is 5.75 Å². The molecule has 0 saturated heterocycles. The van der Waals surface area contributed by atoms with Crippen molar-refractivity contribution in [1.82, 2.24) is 9.97 Å². The Bertz CT molecular complexity index is 962. The minimum absolute atomic E-state index is 0.276. The largest absolute Gasteiger partial charge is 0.497 e. The first kappa shape index (κ1) is 18.4. The van der Waals surface area contributed by atoms with Gasteiger partial charge in [-0.3, -0.25) is 4.79 Å². The Morgan fingerprint density at radius 1 is 1.04 bits per heavy atom. The van der Waals surface area contributed by atoms with E-state index in [4.69, 9.17) is 4.74 Å². The predicted octanol–water partition coefficient (Wildman–Crippen LogP) is 4.41. The molecule has 0 bridgehead atoms. The molecule has 0 atom stereocenters. The van der Waals surface area contributed by atoms with Crippen molar-refractivity contribution in [2.75, 3.05) is 17.7 Å². The third-order valence-electron chi connectivity index (χ3n) is 4.13. The SMILES string of the molecule is COc1cccc(NC(=O)c2ccnc(Nc3c(C)cc(C)cc3C)n2)c1. The second kappa shape index (κ2) is 7.86. The van der Waals surface area contributed by atoms with Gasteiger partial charge in [0, 0.05) is 23.6 Å². The Morgan fingerprint density at radius 2 is 1.78 bits per heavy atom. The van der Waals surface area contributed by atoms with E-state index in [1.165, 1.54) is 5.56 Å². The van der Waals surface area contributed by atoms with Crippen LogP contribution < -0.4 is 15.4 Å². The van der Waals surface area contributed by atoms with Crippen LogP contribution in [0.1, 0.15) is 27.2 Å². The van der Waals surface area contributed by atoms with Crippen molar-refractivity contribution in [2.24, 2.45) is 0 Å². The molecule has 1 amide bonds. The minimum Gasteiger partial charge on any atom is -0.497 e. The summed E-state index contributed by atoms with van der Waals surface area (Å²) in [5, 5.41) is 6.04. The number of hydrogen-bond donors (Lipinski definition) is 2. The number of aromatic nitrogens is 2. The van der Waals surface area contributed by atoms with Crippen LogP contribution in [0.25, 0.3) is 0 Å². The number of ether oxygens (including phenoxy) is 1. The first-order chi connectivity index (χ1) is 13.0. The topological polar surface area (TPSA) is 76.1 Å². The molecule has 2 aromatic carbocycles. The molecule has 2 N–H and O–H groups in total. The van der Waals surface area contributed by atoms with Crippen LogP contribution in [0.4, 0.5) is 17.3 Å². The van der Waals surface area contributed by atoms with Gasteiger partial charge in [-0.25, -0.2) is 9.97 Å². The maximum Gasteiger partial charge on any atom is 0.274 e. The maximum atomic E-state index is 12.5. The number of carbonyl (C=O) groups excluding carboxylic acids is 1. The second-order valence-corrected chi connectivity index (χ2v) is 6.35. The van der Waals surface area contributed by atoms with E-state index in [1.54, 1.807) is 31.5 Å². The van der Waals surface area contributed by atoms with Crippen molar-refractivity contribution in [2.45, 2.75) is 20.8 Å². The highest BCUT2D eigenvalue weighted by Crippen LogP contribution is 2.24. The van der Waals surface area contributed by atoms with E-state index in [0.717, 1.165) is 16.8 Å². The summed E-state index contributed by atoms with van der Waals surface area (Å²) in [6, 6.07) is 12.9. The zero-order chi connectivity index (χ0) is 19.4. The lowest BCUT2D eigenvalue weighted by Crippen LogP contribution is -2.15. The highest BCUT2D eigenvalue weighted by Gasteiger charge is 2.11. The molecule has 3 rings (SSSR count). The van der Waals surface area contributed by atoms with Gasteiger partial charge in [-0.1, -0.05) is 23.8 Å². The zero-order valence-corrected chi connectivity index (χ0v) is 15.8. The van der Waals surface area contributed by atoms with Crippen molar-refractivity contribution in [3.63, 3.8) is 0 Å². The average Bonchev–Trinajstić information content (AvgIpc) is 2.65. The fourth-order valence-electron chi connectivity index (χ4n) is 2.93. The van der Waals surface area contributed by atoms with Crippen molar-refractivity contribution in [3.8, 4) is 5.75 Å². The number of benzene rings is 2. The summed E-state index contributed by atoms with van der Waals surface area (Å²) in [6.07, 6.45) is 1.56. The Hall–Kier alpha value is -3.41. The number of aryl methyl sites for hydroxylation is 3. The number of carbonyl (C=O) groups is 1. The van der Waals surface area contributed by atoms with E-state index in [0.29, 0.717) is 17.4 Å². The summed E-state index contributed by atoms with van der Waals surface area (Å²) in [6.45, 7) is 6.12. The van der Waals surface area contributed by atoms with Gasteiger partial charge in [-0.05, 0) is 50.1 Å². The quantitative estimate of drug-likeness (QED) is 0.703. The summed E-state index contributed by atoms with van der Waals surface area (Å²) < 4.78 is 5.17. The lowest BCUT2D eigenvalue weighted by Gasteiger charge is -2.13.